The molecule has 0 radical (unpaired) electrons. The van der Waals surface area contributed by atoms with E-state index in [2.05, 4.69) is 10.3 Å². The second-order valence-corrected chi connectivity index (χ2v) is 6.89. The van der Waals surface area contributed by atoms with Crippen LogP contribution in [-0.4, -0.2) is 53.8 Å². The number of carbonyl (C=O) groups excluding carboxylic acids is 1. The lowest BCUT2D eigenvalue weighted by molar-refractivity contribution is -0.141. The quantitative estimate of drug-likeness (QED) is 0.895. The number of rotatable bonds is 4. The summed E-state index contributed by atoms with van der Waals surface area (Å²) in [4.78, 5) is 17.4. The molecule has 1 fully saturated rings. The van der Waals surface area contributed by atoms with Gasteiger partial charge >= 0.3 is 12.2 Å². The molecule has 1 N–H and O–H groups in total. The summed E-state index contributed by atoms with van der Waals surface area (Å²) in [6.45, 7) is 2.97. The van der Waals surface area contributed by atoms with Gasteiger partial charge in [0.1, 0.15) is 5.82 Å². The number of aryl methyl sites for hydroxylation is 1. The molecule has 9 heteroatoms. The van der Waals surface area contributed by atoms with Crippen molar-refractivity contribution in [1.29, 1.82) is 0 Å². The zero-order valence-corrected chi connectivity index (χ0v) is 14.2. The van der Waals surface area contributed by atoms with E-state index in [0.29, 0.717) is 44.4 Å². The van der Waals surface area contributed by atoms with Crippen LogP contribution in [0.2, 0.25) is 0 Å². The molecule has 1 aromatic rings. The average Bonchev–Trinajstić information content (AvgIpc) is 3.20. The van der Waals surface area contributed by atoms with Gasteiger partial charge in [0.25, 0.3) is 0 Å². The van der Waals surface area contributed by atoms with Crippen molar-refractivity contribution in [2.75, 3.05) is 33.4 Å². The van der Waals surface area contributed by atoms with Crippen LogP contribution in [0.3, 0.4) is 0 Å². The number of hydrogen-bond acceptors (Lipinski definition) is 3. The Hall–Kier alpha value is -1.77. The molecule has 2 aliphatic rings. The number of imidazole rings is 1. The number of urea groups is 1. The fourth-order valence-corrected chi connectivity index (χ4v) is 3.38. The van der Waals surface area contributed by atoms with E-state index in [1.807, 2.05) is 0 Å². The molecule has 2 aliphatic heterocycles. The minimum Gasteiger partial charge on any atom is -0.381 e. The van der Waals surface area contributed by atoms with Crippen molar-refractivity contribution in [2.45, 2.75) is 32.0 Å². The summed E-state index contributed by atoms with van der Waals surface area (Å²) in [5, 5.41) is 2.90. The lowest BCUT2D eigenvalue weighted by Gasteiger charge is -2.28. The molecule has 25 heavy (non-hydrogen) atoms. The summed E-state index contributed by atoms with van der Waals surface area (Å²) in [5.74, 6) is 0.951. The normalized spacial score (nSPS) is 23.4. The predicted octanol–water partition coefficient (Wildman–Crippen LogP) is 2.14. The number of halogens is 3. The zero-order chi connectivity index (χ0) is 18.0. The first-order valence-corrected chi connectivity index (χ1v) is 8.53. The van der Waals surface area contributed by atoms with Gasteiger partial charge < -0.3 is 19.5 Å². The van der Waals surface area contributed by atoms with Crippen molar-refractivity contribution >= 4 is 6.03 Å². The molecule has 1 saturated heterocycles. The number of ether oxygens (including phenoxy) is 1. The Morgan fingerprint density at radius 2 is 2.24 bits per heavy atom. The van der Waals surface area contributed by atoms with Gasteiger partial charge in [-0.3, -0.25) is 0 Å². The Kier molecular flexibility index (Phi) is 5.21. The third-order valence-electron chi connectivity index (χ3n) is 4.83. The van der Waals surface area contributed by atoms with Crippen LogP contribution in [0.5, 0.6) is 0 Å². The smallest absolute Gasteiger partial charge is 0.381 e. The molecule has 2 unspecified atom stereocenters. The lowest BCUT2D eigenvalue weighted by atomic mass is 9.99. The van der Waals surface area contributed by atoms with Gasteiger partial charge in [0.2, 0.25) is 0 Å². The summed E-state index contributed by atoms with van der Waals surface area (Å²) >= 11 is 0. The number of carbonyl (C=O) groups is 1. The second-order valence-electron chi connectivity index (χ2n) is 6.89. The average molecular weight is 360 g/mol. The number of alkyl halides is 3. The molecule has 0 saturated carbocycles. The van der Waals surface area contributed by atoms with Crippen LogP contribution in [0, 0.1) is 11.8 Å². The number of aromatic nitrogens is 2. The van der Waals surface area contributed by atoms with Crippen molar-refractivity contribution in [3.63, 3.8) is 0 Å². The van der Waals surface area contributed by atoms with Crippen LogP contribution in [0.25, 0.3) is 0 Å². The number of fused-ring (bicyclic) bond motifs is 1. The van der Waals surface area contributed by atoms with Gasteiger partial charge in [-0.05, 0) is 18.8 Å². The Labute approximate surface area is 144 Å². The molecule has 0 spiro atoms. The molecule has 1 aromatic heterocycles. The summed E-state index contributed by atoms with van der Waals surface area (Å²) in [6, 6.07) is -0.153. The summed E-state index contributed by atoms with van der Waals surface area (Å²) in [7, 11) is 1.71. The van der Waals surface area contributed by atoms with E-state index < -0.39 is 11.9 Å². The fraction of sp³-hybridized carbons (Fsp3) is 0.750. The Balaban J connectivity index is 1.50. The van der Waals surface area contributed by atoms with E-state index in [1.165, 1.54) is 0 Å². The lowest BCUT2D eigenvalue weighted by Crippen LogP contribution is -2.43. The minimum atomic E-state index is -4.42. The predicted molar refractivity (Wildman–Crippen MR) is 84.0 cm³/mol. The van der Waals surface area contributed by atoms with E-state index in [0.717, 1.165) is 25.6 Å². The molecule has 2 atom stereocenters. The Morgan fingerprint density at radius 3 is 2.92 bits per heavy atom. The topological polar surface area (TPSA) is 59.4 Å². The second kappa shape index (κ2) is 7.23. The minimum absolute atomic E-state index is 0.119. The maximum Gasteiger partial charge on any atom is 0.434 e. The van der Waals surface area contributed by atoms with E-state index in [1.54, 1.807) is 16.5 Å². The van der Waals surface area contributed by atoms with Crippen LogP contribution in [0.1, 0.15) is 24.4 Å². The van der Waals surface area contributed by atoms with Gasteiger partial charge in [0, 0.05) is 51.8 Å². The molecule has 6 nitrogen and oxygen atoms in total. The maximum absolute atomic E-state index is 12.8. The monoisotopic (exact) mass is 360 g/mol. The van der Waals surface area contributed by atoms with E-state index in [4.69, 9.17) is 4.74 Å². The largest absolute Gasteiger partial charge is 0.434 e. The molecule has 3 rings (SSSR count). The highest BCUT2D eigenvalue weighted by atomic mass is 19.4. The van der Waals surface area contributed by atoms with Crippen LogP contribution in [-0.2, 0) is 23.9 Å². The van der Waals surface area contributed by atoms with Crippen molar-refractivity contribution < 1.29 is 22.7 Å². The molecule has 0 bridgehead atoms. The molecule has 0 aromatic carbocycles. The van der Waals surface area contributed by atoms with E-state index in [9.17, 15) is 18.0 Å². The molecule has 0 aliphatic carbocycles. The molecule has 2 amide bonds. The van der Waals surface area contributed by atoms with Crippen molar-refractivity contribution in [3.05, 3.63) is 17.7 Å². The first kappa shape index (κ1) is 18.0. The van der Waals surface area contributed by atoms with Crippen LogP contribution in [0.4, 0.5) is 18.0 Å². The highest BCUT2D eigenvalue weighted by Crippen LogP contribution is 2.30. The van der Waals surface area contributed by atoms with E-state index in [-0.39, 0.29) is 11.9 Å². The third kappa shape index (κ3) is 4.45. The summed E-state index contributed by atoms with van der Waals surface area (Å²) in [5.41, 5.74) is -0.840. The van der Waals surface area contributed by atoms with Gasteiger partial charge in [0.15, 0.2) is 5.69 Å². The Bertz CT molecular complexity index is 611. The first-order valence-electron chi connectivity index (χ1n) is 8.53. The number of hydrogen-bond donors (Lipinski definition) is 1. The standard InChI is InChI=1S/C16H23F3N4O2/c1-22(15(24)20-6-11-4-5-25-10-11)7-12-2-3-14-21-13(16(17,18)19)9-23(14)8-12/h9,11-12H,2-8,10H2,1H3,(H,20,24). The first-order chi connectivity index (χ1) is 11.8. The third-order valence-corrected chi connectivity index (χ3v) is 4.83. The van der Waals surface area contributed by atoms with Gasteiger partial charge in [-0.2, -0.15) is 13.2 Å². The van der Waals surface area contributed by atoms with E-state index >= 15 is 0 Å². The summed E-state index contributed by atoms with van der Waals surface area (Å²) < 4.78 is 45.1. The number of amides is 2. The van der Waals surface area contributed by atoms with Crippen LogP contribution >= 0.6 is 0 Å². The van der Waals surface area contributed by atoms with Crippen LogP contribution in [0.15, 0.2) is 6.20 Å². The fourth-order valence-electron chi connectivity index (χ4n) is 3.38. The summed E-state index contributed by atoms with van der Waals surface area (Å²) in [6.07, 6.45) is -1.17. The molecule has 3 heterocycles. The Morgan fingerprint density at radius 1 is 1.44 bits per heavy atom. The number of nitrogens with zero attached hydrogens (tertiary/aromatic N) is 3. The maximum atomic E-state index is 12.8. The highest BCUT2D eigenvalue weighted by Gasteiger charge is 2.36. The highest BCUT2D eigenvalue weighted by molar-refractivity contribution is 5.73. The number of nitrogens with one attached hydrogen (secondary N) is 1. The van der Waals surface area contributed by atoms with Crippen molar-refractivity contribution in [1.82, 2.24) is 19.8 Å². The van der Waals surface area contributed by atoms with Crippen molar-refractivity contribution in [2.24, 2.45) is 11.8 Å². The van der Waals surface area contributed by atoms with Crippen LogP contribution < -0.4 is 5.32 Å². The van der Waals surface area contributed by atoms with Gasteiger partial charge in [0.05, 0.1) is 6.61 Å². The SMILES string of the molecule is CN(CC1CCc2nc(C(F)(F)F)cn2C1)C(=O)NCC1CCOC1. The van der Waals surface area contributed by atoms with Gasteiger partial charge in [-0.25, -0.2) is 9.78 Å². The van der Waals surface area contributed by atoms with Gasteiger partial charge in [-0.1, -0.05) is 0 Å². The molecule has 140 valence electrons. The zero-order valence-electron chi connectivity index (χ0n) is 14.2. The van der Waals surface area contributed by atoms with Crippen molar-refractivity contribution in [3.8, 4) is 0 Å². The molecular weight excluding hydrogens is 337 g/mol. The van der Waals surface area contributed by atoms with Gasteiger partial charge in [-0.15, -0.1) is 0 Å². The molecular formula is C16H23F3N4O2.